The first-order valence-corrected chi connectivity index (χ1v) is 12.2. The van der Waals surface area contributed by atoms with Gasteiger partial charge >= 0.3 is 0 Å². The molecule has 1 amide bonds. The molecule has 0 bridgehead atoms. The van der Waals surface area contributed by atoms with Crippen molar-refractivity contribution < 1.29 is 13.9 Å². The molecule has 1 aliphatic rings. The summed E-state index contributed by atoms with van der Waals surface area (Å²) < 4.78 is 18.2. The van der Waals surface area contributed by atoms with Gasteiger partial charge in [-0.3, -0.25) is 4.79 Å². The SMILES string of the molecule is COc1ccc(N2CCN(c3cc(Cl)nc(SCC(=O)NCc4ccc(F)cc4)n3)CC2)cc1. The quantitative estimate of drug-likeness (QED) is 0.284. The van der Waals surface area contributed by atoms with E-state index in [-0.39, 0.29) is 17.5 Å². The van der Waals surface area contributed by atoms with Crippen LogP contribution in [0.4, 0.5) is 15.9 Å². The van der Waals surface area contributed by atoms with Crippen LogP contribution < -0.4 is 19.9 Å². The Morgan fingerprint density at radius 1 is 1.06 bits per heavy atom. The summed E-state index contributed by atoms with van der Waals surface area (Å²) in [7, 11) is 1.66. The highest BCUT2D eigenvalue weighted by Crippen LogP contribution is 2.25. The number of hydrogen-bond acceptors (Lipinski definition) is 7. The fourth-order valence-electron chi connectivity index (χ4n) is 3.58. The number of rotatable bonds is 8. The van der Waals surface area contributed by atoms with Crippen LogP contribution in [-0.4, -0.2) is 54.9 Å². The maximum atomic E-state index is 13.0. The molecule has 3 aromatic rings. The number of amides is 1. The summed E-state index contributed by atoms with van der Waals surface area (Å²) in [6, 6.07) is 15.8. The van der Waals surface area contributed by atoms with Gasteiger partial charge < -0.3 is 19.9 Å². The fraction of sp³-hybridized carbons (Fsp3) is 0.292. The van der Waals surface area contributed by atoms with Gasteiger partial charge in [-0.1, -0.05) is 35.5 Å². The van der Waals surface area contributed by atoms with Crippen molar-refractivity contribution in [1.82, 2.24) is 15.3 Å². The van der Waals surface area contributed by atoms with Crippen molar-refractivity contribution in [3.63, 3.8) is 0 Å². The topological polar surface area (TPSA) is 70.6 Å². The highest BCUT2D eigenvalue weighted by molar-refractivity contribution is 7.99. The number of ether oxygens (including phenoxy) is 1. The number of anilines is 2. The first kappa shape index (κ1) is 24.1. The Balaban J connectivity index is 1.29. The zero-order valence-corrected chi connectivity index (χ0v) is 20.3. The second-order valence-corrected chi connectivity index (χ2v) is 9.03. The maximum Gasteiger partial charge on any atom is 0.230 e. The highest BCUT2D eigenvalue weighted by atomic mass is 35.5. The van der Waals surface area contributed by atoms with E-state index in [0.29, 0.717) is 16.9 Å². The molecular weight excluding hydrogens is 477 g/mol. The summed E-state index contributed by atoms with van der Waals surface area (Å²) in [5.41, 5.74) is 1.99. The van der Waals surface area contributed by atoms with E-state index >= 15 is 0 Å². The Labute approximate surface area is 207 Å². The molecule has 2 heterocycles. The number of aromatic nitrogens is 2. The number of nitrogens with zero attached hydrogens (tertiary/aromatic N) is 4. The highest BCUT2D eigenvalue weighted by Gasteiger charge is 2.20. The zero-order valence-electron chi connectivity index (χ0n) is 18.7. The largest absolute Gasteiger partial charge is 0.497 e. The summed E-state index contributed by atoms with van der Waals surface area (Å²) >= 11 is 7.48. The molecule has 34 heavy (non-hydrogen) atoms. The number of benzene rings is 2. The lowest BCUT2D eigenvalue weighted by atomic mass is 10.2. The van der Waals surface area contributed by atoms with Gasteiger partial charge in [-0.2, -0.15) is 0 Å². The Morgan fingerprint density at radius 3 is 2.41 bits per heavy atom. The van der Waals surface area contributed by atoms with Gasteiger partial charge in [-0.15, -0.1) is 0 Å². The van der Waals surface area contributed by atoms with Crippen molar-refractivity contribution in [2.45, 2.75) is 11.7 Å². The van der Waals surface area contributed by atoms with E-state index in [1.54, 1.807) is 25.3 Å². The maximum absolute atomic E-state index is 13.0. The summed E-state index contributed by atoms with van der Waals surface area (Å²) in [6.45, 7) is 3.62. The molecule has 0 unspecified atom stereocenters. The molecule has 0 saturated carbocycles. The van der Waals surface area contributed by atoms with Crippen LogP contribution in [0.5, 0.6) is 5.75 Å². The predicted molar refractivity (Wildman–Crippen MR) is 133 cm³/mol. The number of methoxy groups -OCH3 is 1. The lowest BCUT2D eigenvalue weighted by Crippen LogP contribution is -2.46. The molecule has 1 saturated heterocycles. The third kappa shape index (κ3) is 6.51. The minimum absolute atomic E-state index is 0.159. The molecule has 0 atom stereocenters. The lowest BCUT2D eigenvalue weighted by Gasteiger charge is -2.36. The molecule has 2 aromatic carbocycles. The average Bonchev–Trinajstić information content (AvgIpc) is 2.87. The van der Waals surface area contributed by atoms with E-state index < -0.39 is 0 Å². The molecule has 1 fully saturated rings. The minimum Gasteiger partial charge on any atom is -0.497 e. The fourth-order valence-corrected chi connectivity index (χ4v) is 4.49. The molecule has 178 valence electrons. The van der Waals surface area contributed by atoms with Gasteiger partial charge in [-0.05, 0) is 42.0 Å². The normalized spacial score (nSPS) is 13.6. The van der Waals surface area contributed by atoms with Crippen LogP contribution in [0.3, 0.4) is 0 Å². The molecule has 4 rings (SSSR count). The van der Waals surface area contributed by atoms with E-state index in [4.69, 9.17) is 16.3 Å². The minimum atomic E-state index is -0.304. The van der Waals surface area contributed by atoms with E-state index in [9.17, 15) is 9.18 Å². The van der Waals surface area contributed by atoms with E-state index in [1.165, 1.54) is 23.9 Å². The summed E-state index contributed by atoms with van der Waals surface area (Å²) in [5.74, 6) is 1.29. The van der Waals surface area contributed by atoms with Crippen molar-refractivity contribution in [3.05, 3.63) is 71.1 Å². The van der Waals surface area contributed by atoms with Gasteiger partial charge in [0.05, 0.1) is 12.9 Å². The lowest BCUT2D eigenvalue weighted by molar-refractivity contribution is -0.118. The number of thioether (sulfide) groups is 1. The van der Waals surface area contributed by atoms with Crippen molar-refractivity contribution >= 4 is 40.8 Å². The number of hydrogen-bond donors (Lipinski definition) is 1. The first-order chi connectivity index (χ1) is 16.5. The molecule has 7 nitrogen and oxygen atoms in total. The molecule has 1 N–H and O–H groups in total. The number of nitrogens with one attached hydrogen (secondary N) is 1. The second-order valence-electron chi connectivity index (χ2n) is 7.70. The Hall–Kier alpha value is -3.04. The monoisotopic (exact) mass is 501 g/mol. The molecular formula is C24H25ClFN5O2S. The van der Waals surface area contributed by atoms with E-state index in [2.05, 4.69) is 37.2 Å². The molecule has 0 spiro atoms. The summed E-state index contributed by atoms with van der Waals surface area (Å²) in [4.78, 5) is 25.6. The summed E-state index contributed by atoms with van der Waals surface area (Å²) in [6.07, 6.45) is 0. The summed E-state index contributed by atoms with van der Waals surface area (Å²) in [5, 5.41) is 3.61. The van der Waals surface area contributed by atoms with Gasteiger partial charge in [0.1, 0.15) is 22.5 Å². The third-order valence-corrected chi connectivity index (χ3v) is 6.48. The standard InChI is InChI=1S/C24H25ClFN5O2S/c1-33-20-8-6-19(7-9-20)30-10-12-31(13-11-30)22-14-21(25)28-24(29-22)34-16-23(32)27-15-17-2-4-18(26)5-3-17/h2-9,14H,10-13,15-16H2,1H3,(H,27,32). The van der Waals surface area contributed by atoms with Crippen molar-refractivity contribution in [2.75, 3.05) is 48.8 Å². The smallest absolute Gasteiger partial charge is 0.230 e. The number of carbonyl (C=O) groups is 1. The third-order valence-electron chi connectivity index (χ3n) is 5.44. The molecule has 10 heteroatoms. The predicted octanol–water partition coefficient (Wildman–Crippen LogP) is 4.01. The van der Waals surface area contributed by atoms with Crippen molar-refractivity contribution in [2.24, 2.45) is 0 Å². The number of piperazine rings is 1. The molecule has 1 aromatic heterocycles. The van der Waals surface area contributed by atoms with Crippen LogP contribution in [-0.2, 0) is 11.3 Å². The van der Waals surface area contributed by atoms with Gasteiger partial charge in [0.15, 0.2) is 5.16 Å². The van der Waals surface area contributed by atoms with Crippen LogP contribution in [0.1, 0.15) is 5.56 Å². The van der Waals surface area contributed by atoms with Crippen molar-refractivity contribution in [3.8, 4) is 5.75 Å². The van der Waals surface area contributed by atoms with E-state index in [0.717, 1.165) is 49.0 Å². The Bertz CT molecular complexity index is 1110. The van der Waals surface area contributed by atoms with Gasteiger partial charge in [0.2, 0.25) is 5.91 Å². The van der Waals surface area contributed by atoms with Crippen LogP contribution in [0.2, 0.25) is 5.15 Å². The van der Waals surface area contributed by atoms with Crippen LogP contribution in [0.15, 0.2) is 59.8 Å². The Kier molecular flexibility index (Phi) is 8.08. The molecule has 0 radical (unpaired) electrons. The zero-order chi connectivity index (χ0) is 23.9. The Morgan fingerprint density at radius 2 is 1.74 bits per heavy atom. The van der Waals surface area contributed by atoms with Gasteiger partial charge in [0.25, 0.3) is 0 Å². The van der Waals surface area contributed by atoms with Gasteiger partial charge in [-0.25, -0.2) is 14.4 Å². The molecule has 0 aliphatic carbocycles. The van der Waals surface area contributed by atoms with Gasteiger partial charge in [0, 0.05) is 44.5 Å². The average molecular weight is 502 g/mol. The molecule has 1 aliphatic heterocycles. The second kappa shape index (κ2) is 11.4. The van der Waals surface area contributed by atoms with Crippen LogP contribution in [0.25, 0.3) is 0 Å². The van der Waals surface area contributed by atoms with E-state index in [1.807, 2.05) is 12.1 Å². The van der Waals surface area contributed by atoms with Crippen LogP contribution in [0, 0.1) is 5.82 Å². The first-order valence-electron chi connectivity index (χ1n) is 10.8. The number of halogens is 2. The van der Waals surface area contributed by atoms with Crippen LogP contribution >= 0.6 is 23.4 Å². The van der Waals surface area contributed by atoms with Crippen molar-refractivity contribution in [1.29, 1.82) is 0 Å². The number of carbonyl (C=O) groups excluding carboxylic acids is 1.